The zero-order valence-corrected chi connectivity index (χ0v) is 14.3. The van der Waals surface area contributed by atoms with Gasteiger partial charge >= 0.3 is 0 Å². The van der Waals surface area contributed by atoms with Crippen molar-refractivity contribution in [2.45, 2.75) is 52.8 Å². The Kier molecular flexibility index (Phi) is 5.64. The number of benzene rings is 1. The number of hydrogen-bond donors (Lipinski definition) is 1. The highest BCUT2D eigenvalue weighted by Crippen LogP contribution is 2.22. The fourth-order valence-electron chi connectivity index (χ4n) is 2.75. The molecular formula is C18H26N2O3. The molecule has 0 spiro atoms. The standard InChI is InChI=1S/C18H26N2O3/c1-12(2)20-11-15(9-17(20)21)18(22)19-10-14-7-5-6-8-16(14)23-13(3)4/h5-8,12-13,15H,9-11H2,1-4H3,(H,19,22)/t15-/m1/s1. The van der Waals surface area contributed by atoms with Crippen LogP contribution in [0.2, 0.25) is 0 Å². The first-order chi connectivity index (χ1) is 10.9. The van der Waals surface area contributed by atoms with Gasteiger partial charge in [-0.15, -0.1) is 0 Å². The summed E-state index contributed by atoms with van der Waals surface area (Å²) in [5.41, 5.74) is 0.944. The molecule has 0 aliphatic carbocycles. The van der Waals surface area contributed by atoms with Gasteiger partial charge < -0.3 is 15.0 Å². The second-order valence-electron chi connectivity index (χ2n) is 6.53. The van der Waals surface area contributed by atoms with Crippen LogP contribution in [-0.4, -0.2) is 35.4 Å². The number of carbonyl (C=O) groups is 2. The molecule has 0 radical (unpaired) electrons. The molecule has 0 bridgehead atoms. The molecule has 126 valence electrons. The van der Waals surface area contributed by atoms with Crippen molar-refractivity contribution in [3.8, 4) is 5.75 Å². The number of nitrogens with zero attached hydrogens (tertiary/aromatic N) is 1. The first-order valence-electron chi connectivity index (χ1n) is 8.20. The van der Waals surface area contributed by atoms with Gasteiger partial charge in [0.25, 0.3) is 0 Å². The summed E-state index contributed by atoms with van der Waals surface area (Å²) in [6.07, 6.45) is 0.382. The second-order valence-corrected chi connectivity index (χ2v) is 6.53. The molecule has 0 aromatic heterocycles. The van der Waals surface area contributed by atoms with Crippen LogP contribution < -0.4 is 10.1 Å². The SMILES string of the molecule is CC(C)Oc1ccccc1CNC(=O)[C@@H]1CC(=O)N(C(C)C)C1. The van der Waals surface area contributed by atoms with E-state index in [-0.39, 0.29) is 29.9 Å². The lowest BCUT2D eigenvalue weighted by Crippen LogP contribution is -2.35. The summed E-state index contributed by atoms with van der Waals surface area (Å²) in [7, 11) is 0. The van der Waals surface area contributed by atoms with Crippen molar-refractivity contribution in [2.24, 2.45) is 5.92 Å². The molecule has 0 saturated carbocycles. The summed E-state index contributed by atoms with van der Waals surface area (Å²) < 4.78 is 5.76. The van der Waals surface area contributed by atoms with Crippen LogP contribution in [0.25, 0.3) is 0 Å². The molecule has 0 unspecified atom stereocenters. The number of carbonyl (C=O) groups excluding carboxylic acids is 2. The number of para-hydroxylation sites is 1. The molecule has 2 amide bonds. The normalized spacial score (nSPS) is 17.9. The lowest BCUT2D eigenvalue weighted by atomic mass is 10.1. The molecule has 5 heteroatoms. The number of likely N-dealkylation sites (tertiary alicyclic amines) is 1. The monoisotopic (exact) mass is 318 g/mol. The van der Waals surface area contributed by atoms with Crippen molar-refractivity contribution in [1.82, 2.24) is 10.2 Å². The maximum atomic E-state index is 12.3. The molecule has 1 N–H and O–H groups in total. The number of ether oxygens (including phenoxy) is 1. The number of amides is 2. The molecule has 2 rings (SSSR count). The van der Waals surface area contributed by atoms with Gasteiger partial charge in [-0.3, -0.25) is 9.59 Å². The molecule has 5 nitrogen and oxygen atoms in total. The fourth-order valence-corrected chi connectivity index (χ4v) is 2.75. The molecular weight excluding hydrogens is 292 g/mol. The maximum absolute atomic E-state index is 12.3. The van der Waals surface area contributed by atoms with Crippen molar-refractivity contribution >= 4 is 11.8 Å². The quantitative estimate of drug-likeness (QED) is 0.876. The van der Waals surface area contributed by atoms with Gasteiger partial charge in [0.2, 0.25) is 11.8 Å². The van der Waals surface area contributed by atoms with Gasteiger partial charge in [-0.2, -0.15) is 0 Å². The van der Waals surface area contributed by atoms with E-state index in [1.54, 1.807) is 4.90 Å². The highest BCUT2D eigenvalue weighted by molar-refractivity contribution is 5.89. The van der Waals surface area contributed by atoms with Crippen LogP contribution in [0.3, 0.4) is 0 Å². The smallest absolute Gasteiger partial charge is 0.225 e. The molecule has 1 aliphatic rings. The minimum absolute atomic E-state index is 0.0590. The van der Waals surface area contributed by atoms with Gasteiger partial charge in [-0.25, -0.2) is 0 Å². The van der Waals surface area contributed by atoms with E-state index in [1.807, 2.05) is 52.0 Å². The maximum Gasteiger partial charge on any atom is 0.225 e. The Morgan fingerprint density at radius 3 is 2.61 bits per heavy atom. The minimum atomic E-state index is -0.261. The lowest BCUT2D eigenvalue weighted by molar-refractivity contribution is -0.130. The van der Waals surface area contributed by atoms with Crippen molar-refractivity contribution < 1.29 is 14.3 Å². The van der Waals surface area contributed by atoms with Crippen molar-refractivity contribution in [1.29, 1.82) is 0 Å². The molecule has 1 saturated heterocycles. The fraction of sp³-hybridized carbons (Fsp3) is 0.556. The van der Waals surface area contributed by atoms with E-state index < -0.39 is 0 Å². The molecule has 1 aromatic carbocycles. The zero-order chi connectivity index (χ0) is 17.0. The highest BCUT2D eigenvalue weighted by Gasteiger charge is 2.35. The van der Waals surface area contributed by atoms with Crippen molar-refractivity contribution in [3.05, 3.63) is 29.8 Å². The Labute approximate surface area is 138 Å². The summed E-state index contributed by atoms with van der Waals surface area (Å²) in [5.74, 6) is 0.515. The average Bonchev–Trinajstić information content (AvgIpc) is 2.88. The Balaban J connectivity index is 1.94. The zero-order valence-electron chi connectivity index (χ0n) is 14.3. The molecule has 1 heterocycles. The van der Waals surface area contributed by atoms with E-state index in [9.17, 15) is 9.59 Å². The van der Waals surface area contributed by atoms with Crippen molar-refractivity contribution in [3.63, 3.8) is 0 Å². The Bertz CT molecular complexity index is 569. The first kappa shape index (κ1) is 17.3. The Hall–Kier alpha value is -2.04. The van der Waals surface area contributed by atoms with E-state index in [0.717, 1.165) is 11.3 Å². The van der Waals surface area contributed by atoms with Gasteiger partial charge in [0.15, 0.2) is 0 Å². The third-order valence-electron chi connectivity index (χ3n) is 3.94. The van der Waals surface area contributed by atoms with Crippen LogP contribution in [0.4, 0.5) is 0 Å². The molecule has 1 atom stereocenters. The van der Waals surface area contributed by atoms with Crippen LogP contribution >= 0.6 is 0 Å². The molecule has 1 aromatic rings. The first-order valence-corrected chi connectivity index (χ1v) is 8.20. The summed E-state index contributed by atoms with van der Waals surface area (Å²) in [5, 5.41) is 2.94. The number of nitrogens with one attached hydrogen (secondary N) is 1. The van der Waals surface area contributed by atoms with E-state index in [4.69, 9.17) is 4.74 Å². The third-order valence-corrected chi connectivity index (χ3v) is 3.94. The summed E-state index contributed by atoms with van der Waals surface area (Å²) >= 11 is 0. The van der Waals surface area contributed by atoms with Gasteiger partial charge in [-0.05, 0) is 33.8 Å². The van der Waals surface area contributed by atoms with Crippen LogP contribution in [-0.2, 0) is 16.1 Å². The molecule has 23 heavy (non-hydrogen) atoms. The van der Waals surface area contributed by atoms with Gasteiger partial charge in [0, 0.05) is 31.1 Å². The average molecular weight is 318 g/mol. The summed E-state index contributed by atoms with van der Waals surface area (Å²) in [6, 6.07) is 7.83. The number of hydrogen-bond acceptors (Lipinski definition) is 3. The van der Waals surface area contributed by atoms with Gasteiger partial charge in [0.1, 0.15) is 5.75 Å². The minimum Gasteiger partial charge on any atom is -0.491 e. The predicted octanol–water partition coefficient (Wildman–Crippen LogP) is 2.35. The van der Waals surface area contributed by atoms with E-state index in [0.29, 0.717) is 19.5 Å². The summed E-state index contributed by atoms with van der Waals surface area (Å²) in [4.78, 5) is 26.0. The third kappa shape index (κ3) is 4.47. The van der Waals surface area contributed by atoms with Crippen LogP contribution in [0, 0.1) is 5.92 Å². The van der Waals surface area contributed by atoms with Crippen molar-refractivity contribution in [2.75, 3.05) is 6.54 Å². The van der Waals surface area contributed by atoms with E-state index in [1.165, 1.54) is 0 Å². The Morgan fingerprint density at radius 2 is 2.00 bits per heavy atom. The van der Waals surface area contributed by atoms with Gasteiger partial charge in [-0.1, -0.05) is 18.2 Å². The van der Waals surface area contributed by atoms with Crippen LogP contribution in [0.15, 0.2) is 24.3 Å². The topological polar surface area (TPSA) is 58.6 Å². The molecule has 1 aliphatic heterocycles. The largest absolute Gasteiger partial charge is 0.491 e. The number of rotatable bonds is 6. The van der Waals surface area contributed by atoms with Crippen LogP contribution in [0.5, 0.6) is 5.75 Å². The van der Waals surface area contributed by atoms with Crippen LogP contribution in [0.1, 0.15) is 39.7 Å². The molecule has 1 fully saturated rings. The lowest BCUT2D eigenvalue weighted by Gasteiger charge is -2.20. The van der Waals surface area contributed by atoms with Gasteiger partial charge in [0.05, 0.1) is 12.0 Å². The highest BCUT2D eigenvalue weighted by atomic mass is 16.5. The van der Waals surface area contributed by atoms with E-state index >= 15 is 0 Å². The Morgan fingerprint density at radius 1 is 1.30 bits per heavy atom. The summed E-state index contributed by atoms with van der Waals surface area (Å²) in [6.45, 7) is 8.80. The predicted molar refractivity (Wildman–Crippen MR) is 89.0 cm³/mol. The van der Waals surface area contributed by atoms with E-state index in [2.05, 4.69) is 5.32 Å². The second kappa shape index (κ2) is 7.49.